The van der Waals surface area contributed by atoms with E-state index in [0.717, 1.165) is 31.2 Å². The number of nitrogens with one attached hydrogen (secondary N) is 1. The third kappa shape index (κ3) is 6.98. The molecule has 0 fully saturated rings. The van der Waals surface area contributed by atoms with Gasteiger partial charge in [0.25, 0.3) is 5.91 Å². The fraction of sp³-hybridized carbons (Fsp3) is 0.346. The normalized spacial score (nSPS) is 12.1. The Labute approximate surface area is 213 Å². The molecule has 11 heteroatoms. The smallest absolute Gasteiger partial charge is 0.381 e. The number of carbonyl (C=O) groups is 1. The van der Waals surface area contributed by atoms with E-state index in [1.165, 1.54) is 41.8 Å². The molecule has 0 aliphatic rings. The summed E-state index contributed by atoms with van der Waals surface area (Å²) in [5.74, 6) is -1.62. The minimum absolute atomic E-state index is 0.0779. The van der Waals surface area contributed by atoms with Gasteiger partial charge in [-0.2, -0.15) is 13.2 Å². The number of sulfone groups is 1. The van der Waals surface area contributed by atoms with Crippen molar-refractivity contribution in [3.8, 4) is 5.69 Å². The quantitative estimate of drug-likeness (QED) is 0.254. The second kappa shape index (κ2) is 11.5. The van der Waals surface area contributed by atoms with Crippen LogP contribution < -0.4 is 5.32 Å². The summed E-state index contributed by atoms with van der Waals surface area (Å²) in [6.45, 7) is 4.23. The van der Waals surface area contributed by atoms with Crippen LogP contribution in [-0.2, 0) is 27.2 Å². The first kappa shape index (κ1) is 28.4. The van der Waals surface area contributed by atoms with E-state index >= 15 is 0 Å². The molecule has 200 valence electrons. The SMILES string of the molecule is CCCCOCCc1cc(C(=O)Nc2ccc(S(C)(=O)=O)cc2)c(C)n1-c1ccc(F)cc1C(F)(F)F. The molecular weight excluding hydrogens is 512 g/mol. The molecule has 1 N–H and O–H groups in total. The number of halogens is 4. The van der Waals surface area contributed by atoms with Crippen molar-refractivity contribution in [1.29, 1.82) is 0 Å². The average molecular weight is 541 g/mol. The van der Waals surface area contributed by atoms with Gasteiger partial charge in [0, 0.05) is 36.4 Å². The van der Waals surface area contributed by atoms with E-state index in [1.807, 2.05) is 6.92 Å². The number of benzene rings is 2. The van der Waals surface area contributed by atoms with Crippen LogP contribution in [0.15, 0.2) is 53.4 Å². The Morgan fingerprint density at radius 3 is 2.32 bits per heavy atom. The number of rotatable bonds is 10. The van der Waals surface area contributed by atoms with Gasteiger partial charge in [0.05, 0.1) is 28.3 Å². The highest BCUT2D eigenvalue weighted by molar-refractivity contribution is 7.90. The maximum atomic E-state index is 13.8. The summed E-state index contributed by atoms with van der Waals surface area (Å²) in [5, 5.41) is 2.65. The van der Waals surface area contributed by atoms with Crippen LogP contribution in [0, 0.1) is 12.7 Å². The van der Waals surface area contributed by atoms with Gasteiger partial charge in [-0.1, -0.05) is 13.3 Å². The first-order chi connectivity index (χ1) is 17.3. The van der Waals surface area contributed by atoms with Gasteiger partial charge in [0.15, 0.2) is 9.84 Å². The number of unbranched alkanes of at least 4 members (excludes halogenated alkanes) is 1. The van der Waals surface area contributed by atoms with Crippen molar-refractivity contribution in [2.24, 2.45) is 0 Å². The monoisotopic (exact) mass is 540 g/mol. The molecule has 0 saturated heterocycles. The Morgan fingerprint density at radius 2 is 1.73 bits per heavy atom. The molecule has 3 aromatic rings. The molecule has 0 atom stereocenters. The van der Waals surface area contributed by atoms with Gasteiger partial charge in [-0.15, -0.1) is 0 Å². The van der Waals surface area contributed by atoms with Crippen LogP contribution in [0.2, 0.25) is 0 Å². The van der Waals surface area contributed by atoms with E-state index in [9.17, 15) is 30.8 Å². The molecule has 0 saturated carbocycles. The van der Waals surface area contributed by atoms with Crippen molar-refractivity contribution in [2.75, 3.05) is 24.8 Å². The fourth-order valence-corrected chi connectivity index (χ4v) is 4.49. The first-order valence-corrected chi connectivity index (χ1v) is 13.5. The lowest BCUT2D eigenvalue weighted by Gasteiger charge is -2.18. The highest BCUT2D eigenvalue weighted by atomic mass is 32.2. The number of hydrogen-bond acceptors (Lipinski definition) is 4. The van der Waals surface area contributed by atoms with E-state index in [0.29, 0.717) is 24.1 Å². The van der Waals surface area contributed by atoms with Gasteiger partial charge in [-0.3, -0.25) is 4.79 Å². The Balaban J connectivity index is 2.01. The maximum absolute atomic E-state index is 13.8. The Morgan fingerprint density at radius 1 is 1.05 bits per heavy atom. The molecule has 37 heavy (non-hydrogen) atoms. The van der Waals surface area contributed by atoms with Crippen molar-refractivity contribution in [2.45, 2.75) is 44.2 Å². The van der Waals surface area contributed by atoms with Gasteiger partial charge in [0.1, 0.15) is 5.82 Å². The molecule has 6 nitrogen and oxygen atoms in total. The highest BCUT2D eigenvalue weighted by Crippen LogP contribution is 2.36. The summed E-state index contributed by atoms with van der Waals surface area (Å²) in [4.78, 5) is 13.2. The minimum atomic E-state index is -4.83. The number of nitrogens with zero attached hydrogens (tertiary/aromatic N) is 1. The van der Waals surface area contributed by atoms with Crippen LogP contribution in [0.5, 0.6) is 0 Å². The van der Waals surface area contributed by atoms with Crippen molar-refractivity contribution in [1.82, 2.24) is 4.57 Å². The lowest BCUT2D eigenvalue weighted by atomic mass is 10.1. The van der Waals surface area contributed by atoms with Gasteiger partial charge >= 0.3 is 6.18 Å². The summed E-state index contributed by atoms with van der Waals surface area (Å²) in [7, 11) is -3.42. The molecular formula is C26H28F4N2O4S. The molecule has 0 aliphatic carbocycles. The largest absolute Gasteiger partial charge is 0.418 e. The van der Waals surface area contributed by atoms with Gasteiger partial charge in [0.2, 0.25) is 0 Å². The lowest BCUT2D eigenvalue weighted by molar-refractivity contribution is -0.137. The van der Waals surface area contributed by atoms with Crippen molar-refractivity contribution < 1.29 is 35.5 Å². The number of carbonyl (C=O) groups excluding carboxylic acids is 1. The van der Waals surface area contributed by atoms with Gasteiger partial charge in [-0.25, -0.2) is 12.8 Å². The summed E-state index contributed by atoms with van der Waals surface area (Å²) in [6, 6.07) is 9.43. The number of alkyl halides is 3. The topological polar surface area (TPSA) is 77.4 Å². The van der Waals surface area contributed by atoms with Crippen molar-refractivity contribution >= 4 is 21.4 Å². The van der Waals surface area contributed by atoms with Crippen LogP contribution in [0.3, 0.4) is 0 Å². The number of anilines is 1. The van der Waals surface area contributed by atoms with Crippen LogP contribution in [0.1, 0.15) is 47.1 Å². The molecule has 1 heterocycles. The fourth-order valence-electron chi connectivity index (χ4n) is 3.86. The standard InChI is InChI=1S/C26H28F4N2O4S/c1-4-5-13-36-14-12-20-16-22(25(33)31-19-7-9-21(10-8-19)37(3,34)35)17(2)32(20)24-11-6-18(27)15-23(24)26(28,29)30/h6-11,15-16H,4-5,12-14H2,1-3H3,(H,31,33). The minimum Gasteiger partial charge on any atom is -0.381 e. The second-order valence-electron chi connectivity index (χ2n) is 8.60. The van der Waals surface area contributed by atoms with Crippen LogP contribution in [0.4, 0.5) is 23.2 Å². The predicted octanol–water partition coefficient (Wildman–Crippen LogP) is 5.96. The lowest BCUT2D eigenvalue weighted by Crippen LogP contribution is -2.16. The van der Waals surface area contributed by atoms with Crippen LogP contribution in [0.25, 0.3) is 5.69 Å². The molecule has 1 amide bonds. The average Bonchev–Trinajstić information content (AvgIpc) is 3.14. The summed E-state index contributed by atoms with van der Waals surface area (Å²) in [5.41, 5.74) is -0.413. The summed E-state index contributed by atoms with van der Waals surface area (Å²) in [6.07, 6.45) is -1.79. The highest BCUT2D eigenvalue weighted by Gasteiger charge is 2.35. The van der Waals surface area contributed by atoms with Gasteiger partial charge < -0.3 is 14.6 Å². The zero-order chi connectivity index (χ0) is 27.4. The zero-order valence-corrected chi connectivity index (χ0v) is 21.5. The molecule has 0 radical (unpaired) electrons. The van der Waals surface area contributed by atoms with Crippen molar-refractivity contribution in [3.05, 3.63) is 76.9 Å². The summed E-state index contributed by atoms with van der Waals surface area (Å²) < 4.78 is 85.4. The van der Waals surface area contributed by atoms with E-state index in [2.05, 4.69) is 5.32 Å². The van der Waals surface area contributed by atoms with E-state index in [1.54, 1.807) is 0 Å². The third-order valence-electron chi connectivity index (χ3n) is 5.76. The molecule has 0 spiro atoms. The number of ether oxygens (including phenoxy) is 1. The second-order valence-corrected chi connectivity index (χ2v) is 10.6. The Hall–Kier alpha value is -3.18. The molecule has 1 aromatic heterocycles. The van der Waals surface area contributed by atoms with Gasteiger partial charge in [-0.05, 0) is 61.9 Å². The summed E-state index contributed by atoms with van der Waals surface area (Å²) >= 11 is 0. The number of hydrogen-bond donors (Lipinski definition) is 1. The van der Waals surface area contributed by atoms with Crippen LogP contribution in [-0.4, -0.2) is 38.4 Å². The Kier molecular flexibility index (Phi) is 8.80. The third-order valence-corrected chi connectivity index (χ3v) is 6.89. The first-order valence-electron chi connectivity index (χ1n) is 11.6. The maximum Gasteiger partial charge on any atom is 0.418 e. The molecule has 0 unspecified atom stereocenters. The molecule has 0 aliphatic heterocycles. The molecule has 3 rings (SSSR count). The molecule has 2 aromatic carbocycles. The Bertz CT molecular complexity index is 1360. The van der Waals surface area contributed by atoms with E-state index < -0.39 is 33.3 Å². The predicted molar refractivity (Wildman–Crippen MR) is 132 cm³/mol. The van der Waals surface area contributed by atoms with Crippen LogP contribution >= 0.6 is 0 Å². The number of amides is 1. The van der Waals surface area contributed by atoms with E-state index in [-0.39, 0.29) is 34.9 Å². The van der Waals surface area contributed by atoms with Crippen molar-refractivity contribution in [3.63, 3.8) is 0 Å². The van der Waals surface area contributed by atoms with E-state index in [4.69, 9.17) is 4.74 Å². The molecule has 0 bridgehead atoms. The number of aromatic nitrogens is 1. The zero-order valence-electron chi connectivity index (χ0n) is 20.7.